The number of fused-ring (bicyclic) bond motifs is 1. The van der Waals surface area contributed by atoms with Crippen molar-refractivity contribution in [3.63, 3.8) is 0 Å². The Kier molecular flexibility index (Phi) is 7.37. The number of nitrogens with one attached hydrogen (secondary N) is 2. The van der Waals surface area contributed by atoms with Crippen molar-refractivity contribution in [1.82, 2.24) is 15.3 Å². The molecule has 3 aromatic rings. The van der Waals surface area contributed by atoms with Gasteiger partial charge in [0.15, 0.2) is 5.11 Å². The number of thiocarbonyl (C=S) groups is 1. The standard InChI is InChI=1S/C27H31FN6S/c28-23-12-10-20(11-13-23)7-6-14-29-27(35)32-26-30-24(33-15-4-1-5-16-33)17-25(31-26)34-18-21-8-2-3-9-22(21)19-34/h2-3,8-13,17H,1,4-7,14-16,18-19H2,(H2,29,30,31,32,35). The summed E-state index contributed by atoms with van der Waals surface area (Å²) in [6, 6.07) is 17.3. The first-order chi connectivity index (χ1) is 17.1. The van der Waals surface area contributed by atoms with Crippen molar-refractivity contribution in [2.75, 3.05) is 34.8 Å². The number of nitrogens with zero attached hydrogens (tertiary/aromatic N) is 4. The molecular formula is C27H31FN6S. The lowest BCUT2D eigenvalue weighted by Crippen LogP contribution is -2.33. The maximum absolute atomic E-state index is 13.1. The fraction of sp³-hybridized carbons (Fsp3) is 0.370. The summed E-state index contributed by atoms with van der Waals surface area (Å²) in [6.45, 7) is 4.43. The predicted octanol–water partition coefficient (Wildman–Crippen LogP) is 5.05. The van der Waals surface area contributed by atoms with Crippen LogP contribution in [-0.4, -0.2) is 34.7 Å². The van der Waals surface area contributed by atoms with E-state index in [1.54, 1.807) is 0 Å². The van der Waals surface area contributed by atoms with Crippen LogP contribution in [0.5, 0.6) is 0 Å². The minimum Gasteiger partial charge on any atom is -0.362 e. The first kappa shape index (κ1) is 23.5. The molecule has 1 fully saturated rings. The van der Waals surface area contributed by atoms with Gasteiger partial charge in [-0.05, 0) is 73.1 Å². The van der Waals surface area contributed by atoms with Crippen LogP contribution in [-0.2, 0) is 19.5 Å². The lowest BCUT2D eigenvalue weighted by Gasteiger charge is -2.29. The molecule has 1 saturated heterocycles. The minimum absolute atomic E-state index is 0.207. The average molecular weight is 491 g/mol. The lowest BCUT2D eigenvalue weighted by molar-refractivity contribution is 0.573. The van der Waals surface area contributed by atoms with E-state index in [1.807, 2.05) is 12.1 Å². The number of benzene rings is 2. The molecular weight excluding hydrogens is 459 g/mol. The summed E-state index contributed by atoms with van der Waals surface area (Å²) in [6.07, 6.45) is 5.39. The number of aromatic nitrogens is 2. The Morgan fingerprint density at radius 3 is 2.23 bits per heavy atom. The quantitative estimate of drug-likeness (QED) is 0.355. The highest BCUT2D eigenvalue weighted by Crippen LogP contribution is 2.30. The van der Waals surface area contributed by atoms with Gasteiger partial charge in [0, 0.05) is 38.8 Å². The van der Waals surface area contributed by atoms with Gasteiger partial charge in [-0.15, -0.1) is 0 Å². The average Bonchev–Trinajstić information content (AvgIpc) is 3.33. The van der Waals surface area contributed by atoms with Gasteiger partial charge in [0.1, 0.15) is 17.5 Å². The number of hydrogen-bond acceptors (Lipinski definition) is 5. The van der Waals surface area contributed by atoms with E-state index in [4.69, 9.17) is 22.2 Å². The van der Waals surface area contributed by atoms with E-state index in [9.17, 15) is 4.39 Å². The summed E-state index contributed by atoms with van der Waals surface area (Å²) >= 11 is 5.54. The third-order valence-electron chi connectivity index (χ3n) is 6.61. The Bertz CT molecular complexity index is 1140. The van der Waals surface area contributed by atoms with Crippen LogP contribution in [0.25, 0.3) is 0 Å². The molecule has 3 heterocycles. The molecule has 0 saturated carbocycles. The largest absolute Gasteiger partial charge is 0.362 e. The highest BCUT2D eigenvalue weighted by Gasteiger charge is 2.23. The molecule has 0 aliphatic carbocycles. The number of aryl methyl sites for hydroxylation is 1. The molecule has 35 heavy (non-hydrogen) atoms. The van der Waals surface area contributed by atoms with Gasteiger partial charge >= 0.3 is 0 Å². The van der Waals surface area contributed by atoms with E-state index in [2.05, 4.69) is 50.8 Å². The van der Waals surface area contributed by atoms with Crippen LogP contribution < -0.4 is 20.4 Å². The zero-order chi connectivity index (χ0) is 24.0. The number of piperidine rings is 1. The highest BCUT2D eigenvalue weighted by atomic mass is 32.1. The number of rotatable bonds is 7. The fourth-order valence-electron chi connectivity index (χ4n) is 4.71. The minimum atomic E-state index is -0.207. The SMILES string of the molecule is Fc1ccc(CCCNC(=S)Nc2nc(N3CCCCC3)cc(N3Cc4ccccc4C3)n2)cc1. The second-order valence-electron chi connectivity index (χ2n) is 9.19. The summed E-state index contributed by atoms with van der Waals surface area (Å²) in [5.41, 5.74) is 3.80. The monoisotopic (exact) mass is 490 g/mol. The van der Waals surface area contributed by atoms with E-state index >= 15 is 0 Å². The normalized spacial score (nSPS) is 15.1. The van der Waals surface area contributed by atoms with Crippen molar-refractivity contribution in [1.29, 1.82) is 0 Å². The second-order valence-corrected chi connectivity index (χ2v) is 9.60. The summed E-state index contributed by atoms with van der Waals surface area (Å²) in [4.78, 5) is 14.3. The molecule has 0 spiro atoms. The van der Waals surface area contributed by atoms with Gasteiger partial charge in [-0.3, -0.25) is 0 Å². The molecule has 1 aromatic heterocycles. The molecule has 0 bridgehead atoms. The molecule has 0 amide bonds. The van der Waals surface area contributed by atoms with E-state index in [1.165, 1.54) is 42.5 Å². The van der Waals surface area contributed by atoms with Gasteiger partial charge < -0.3 is 20.4 Å². The van der Waals surface area contributed by atoms with Crippen molar-refractivity contribution in [2.45, 2.75) is 45.2 Å². The first-order valence-electron chi connectivity index (χ1n) is 12.4. The molecule has 8 heteroatoms. The van der Waals surface area contributed by atoms with Crippen molar-refractivity contribution >= 4 is 34.9 Å². The van der Waals surface area contributed by atoms with Crippen LogP contribution in [0.3, 0.4) is 0 Å². The molecule has 182 valence electrons. The molecule has 5 rings (SSSR count). The summed E-state index contributed by atoms with van der Waals surface area (Å²) < 4.78 is 13.1. The van der Waals surface area contributed by atoms with Gasteiger partial charge in [-0.25, -0.2) is 4.39 Å². The zero-order valence-electron chi connectivity index (χ0n) is 19.8. The second kappa shape index (κ2) is 11.0. The van der Waals surface area contributed by atoms with Crippen LogP contribution in [0.15, 0.2) is 54.6 Å². The van der Waals surface area contributed by atoms with Crippen molar-refractivity contribution in [3.05, 3.63) is 77.1 Å². The van der Waals surface area contributed by atoms with Gasteiger partial charge in [0.2, 0.25) is 5.95 Å². The maximum atomic E-state index is 13.1. The Morgan fingerprint density at radius 1 is 0.886 bits per heavy atom. The Morgan fingerprint density at radius 2 is 1.54 bits per heavy atom. The van der Waals surface area contributed by atoms with Gasteiger partial charge in [-0.1, -0.05) is 36.4 Å². The maximum Gasteiger partial charge on any atom is 0.232 e. The van der Waals surface area contributed by atoms with Crippen LogP contribution in [0.4, 0.5) is 22.0 Å². The van der Waals surface area contributed by atoms with Crippen molar-refractivity contribution in [3.8, 4) is 0 Å². The predicted molar refractivity (Wildman–Crippen MR) is 143 cm³/mol. The Labute approximate surface area is 211 Å². The van der Waals surface area contributed by atoms with Gasteiger partial charge in [-0.2, -0.15) is 9.97 Å². The van der Waals surface area contributed by atoms with Crippen LogP contribution in [0.1, 0.15) is 42.4 Å². The lowest BCUT2D eigenvalue weighted by atomic mass is 10.1. The molecule has 6 nitrogen and oxygen atoms in total. The number of halogens is 1. The fourth-order valence-corrected chi connectivity index (χ4v) is 4.90. The topological polar surface area (TPSA) is 56.3 Å². The molecule has 2 N–H and O–H groups in total. The summed E-state index contributed by atoms with van der Waals surface area (Å²) in [5.74, 6) is 2.18. The van der Waals surface area contributed by atoms with E-state index in [-0.39, 0.29) is 5.82 Å². The molecule has 2 aliphatic heterocycles. The third-order valence-corrected chi connectivity index (χ3v) is 6.86. The van der Waals surface area contributed by atoms with E-state index < -0.39 is 0 Å². The van der Waals surface area contributed by atoms with Crippen molar-refractivity contribution < 1.29 is 4.39 Å². The first-order valence-corrected chi connectivity index (χ1v) is 12.8. The summed E-state index contributed by atoms with van der Waals surface area (Å²) in [7, 11) is 0. The van der Waals surface area contributed by atoms with Gasteiger partial charge in [0.25, 0.3) is 0 Å². The molecule has 2 aliphatic rings. The Balaban J connectivity index is 1.24. The van der Waals surface area contributed by atoms with E-state index in [0.717, 1.165) is 56.2 Å². The molecule has 0 unspecified atom stereocenters. The highest BCUT2D eigenvalue weighted by molar-refractivity contribution is 7.80. The van der Waals surface area contributed by atoms with Crippen LogP contribution in [0, 0.1) is 5.82 Å². The number of anilines is 3. The molecule has 0 atom stereocenters. The van der Waals surface area contributed by atoms with Gasteiger partial charge in [0.05, 0.1) is 0 Å². The smallest absolute Gasteiger partial charge is 0.232 e. The summed E-state index contributed by atoms with van der Waals surface area (Å²) in [5, 5.41) is 6.97. The van der Waals surface area contributed by atoms with E-state index in [0.29, 0.717) is 17.6 Å². The number of hydrogen-bond donors (Lipinski definition) is 2. The third kappa shape index (κ3) is 6.06. The molecule has 2 aromatic carbocycles. The zero-order valence-corrected chi connectivity index (χ0v) is 20.7. The van der Waals surface area contributed by atoms with Crippen LogP contribution >= 0.6 is 12.2 Å². The van der Waals surface area contributed by atoms with Crippen molar-refractivity contribution in [2.24, 2.45) is 0 Å². The van der Waals surface area contributed by atoms with Crippen LogP contribution in [0.2, 0.25) is 0 Å². The molecule has 0 radical (unpaired) electrons. The Hall–Kier alpha value is -3.26.